The van der Waals surface area contributed by atoms with Crippen molar-refractivity contribution in [3.05, 3.63) is 83.7 Å². The molecule has 0 fully saturated rings. The largest absolute Gasteiger partial charge is 0.354 e. The number of ether oxygens (including phenoxy) is 1. The number of methoxy groups -OCH3 is 1. The number of anilines is 2. The van der Waals surface area contributed by atoms with Gasteiger partial charge in [0.1, 0.15) is 18.4 Å². The summed E-state index contributed by atoms with van der Waals surface area (Å²) < 4.78 is 5.66. The highest BCUT2D eigenvalue weighted by atomic mass is 16.7. The lowest BCUT2D eigenvalue weighted by Crippen LogP contribution is -2.52. The number of pyridine rings is 1. The highest BCUT2D eigenvalue weighted by molar-refractivity contribution is 5.87. The van der Waals surface area contributed by atoms with Crippen LogP contribution in [0.2, 0.25) is 0 Å². The van der Waals surface area contributed by atoms with Gasteiger partial charge in [-0.2, -0.15) is 10.4 Å². The number of aliphatic imine (C=N–C) groups is 1. The lowest BCUT2D eigenvalue weighted by molar-refractivity contribution is 0.0526. The standard InChI is InChI=1S/C23H21N5O2/c1-17-11-12-18(14-25-17)16-30-28(20-8-4-3-5-9-20)27-22(29-2)15-26-21-10-6-7-19(13-24)23(21)27/h3-12,14-15,22H,16H2,1-2H3. The maximum Gasteiger partial charge on any atom is 0.186 e. The summed E-state index contributed by atoms with van der Waals surface area (Å²) in [5, 5.41) is 13.2. The van der Waals surface area contributed by atoms with Crippen LogP contribution >= 0.6 is 0 Å². The van der Waals surface area contributed by atoms with E-state index in [0.29, 0.717) is 16.9 Å². The second-order valence-corrected chi connectivity index (χ2v) is 6.72. The van der Waals surface area contributed by atoms with Gasteiger partial charge in [-0.25, -0.2) is 9.85 Å². The van der Waals surface area contributed by atoms with Gasteiger partial charge in [-0.15, -0.1) is 0 Å². The third-order valence-corrected chi connectivity index (χ3v) is 4.69. The lowest BCUT2D eigenvalue weighted by Gasteiger charge is -2.41. The number of aromatic nitrogens is 1. The summed E-state index contributed by atoms with van der Waals surface area (Å²) in [6, 6.07) is 21.3. The van der Waals surface area contributed by atoms with Gasteiger partial charge in [-0.1, -0.05) is 30.3 Å². The molecule has 7 heteroatoms. The summed E-state index contributed by atoms with van der Waals surface area (Å²) in [6.45, 7) is 2.23. The summed E-state index contributed by atoms with van der Waals surface area (Å²) in [5.41, 5.74) is 4.43. The van der Waals surface area contributed by atoms with Crippen molar-refractivity contribution in [1.82, 2.24) is 4.98 Å². The number of hydrogen-bond acceptors (Lipinski definition) is 7. The zero-order valence-corrected chi connectivity index (χ0v) is 16.8. The molecule has 0 N–H and O–H groups in total. The van der Waals surface area contributed by atoms with Gasteiger partial charge in [-0.3, -0.25) is 9.98 Å². The van der Waals surface area contributed by atoms with Crippen LogP contribution < -0.4 is 10.2 Å². The highest BCUT2D eigenvalue weighted by Crippen LogP contribution is 2.38. The monoisotopic (exact) mass is 399 g/mol. The number of nitrogens with zero attached hydrogens (tertiary/aromatic N) is 5. The Bertz CT molecular complexity index is 1080. The van der Waals surface area contributed by atoms with Crippen molar-refractivity contribution in [2.75, 3.05) is 17.3 Å². The molecule has 7 nitrogen and oxygen atoms in total. The SMILES string of the molecule is COC1C=Nc2cccc(C#N)c2N1N(OCc1ccc(C)nc1)c1ccccc1. The number of hydrogen-bond donors (Lipinski definition) is 0. The van der Waals surface area contributed by atoms with Crippen molar-refractivity contribution >= 4 is 23.3 Å². The van der Waals surface area contributed by atoms with Gasteiger partial charge < -0.3 is 4.74 Å². The first-order chi connectivity index (χ1) is 14.7. The number of aryl methyl sites for hydroxylation is 1. The minimum Gasteiger partial charge on any atom is -0.354 e. The van der Waals surface area contributed by atoms with Crippen LogP contribution in [0.15, 0.2) is 71.9 Å². The Kier molecular flexibility index (Phi) is 5.70. The number of hydrazine groups is 1. The van der Waals surface area contributed by atoms with Crippen molar-refractivity contribution < 1.29 is 9.57 Å². The third-order valence-electron chi connectivity index (χ3n) is 4.69. The molecule has 0 saturated heterocycles. The Morgan fingerprint density at radius 1 is 1.10 bits per heavy atom. The van der Waals surface area contributed by atoms with Crippen LogP contribution in [0.25, 0.3) is 0 Å². The van der Waals surface area contributed by atoms with Crippen molar-refractivity contribution in [1.29, 1.82) is 5.26 Å². The second-order valence-electron chi connectivity index (χ2n) is 6.72. The summed E-state index contributed by atoms with van der Waals surface area (Å²) >= 11 is 0. The van der Waals surface area contributed by atoms with E-state index in [2.05, 4.69) is 16.0 Å². The number of nitriles is 1. The Labute approximate surface area is 175 Å². The van der Waals surface area contributed by atoms with E-state index in [1.54, 1.807) is 35.8 Å². The molecule has 4 rings (SSSR count). The predicted molar refractivity (Wildman–Crippen MR) is 115 cm³/mol. The van der Waals surface area contributed by atoms with Crippen LogP contribution in [0.3, 0.4) is 0 Å². The molecule has 0 aliphatic carbocycles. The zero-order chi connectivity index (χ0) is 20.9. The fraction of sp³-hybridized carbons (Fsp3) is 0.174. The Morgan fingerprint density at radius 3 is 2.63 bits per heavy atom. The molecule has 2 aromatic carbocycles. The quantitative estimate of drug-likeness (QED) is 0.575. The van der Waals surface area contributed by atoms with E-state index in [9.17, 15) is 5.26 Å². The smallest absolute Gasteiger partial charge is 0.186 e. The summed E-state index contributed by atoms with van der Waals surface area (Å²) in [7, 11) is 1.59. The molecule has 0 amide bonds. The number of fused-ring (bicyclic) bond motifs is 1. The summed E-state index contributed by atoms with van der Waals surface area (Å²) in [5.74, 6) is 0. The molecular formula is C23H21N5O2. The predicted octanol–water partition coefficient (Wildman–Crippen LogP) is 4.31. The van der Waals surface area contributed by atoms with E-state index in [0.717, 1.165) is 16.9 Å². The molecule has 150 valence electrons. The molecule has 2 heterocycles. The van der Waals surface area contributed by atoms with Crippen LogP contribution in [-0.2, 0) is 16.2 Å². The van der Waals surface area contributed by atoms with E-state index in [-0.39, 0.29) is 6.61 Å². The summed E-state index contributed by atoms with van der Waals surface area (Å²) in [4.78, 5) is 15.1. The van der Waals surface area contributed by atoms with E-state index in [1.165, 1.54) is 0 Å². The van der Waals surface area contributed by atoms with Crippen molar-refractivity contribution in [3.8, 4) is 6.07 Å². The van der Waals surface area contributed by atoms with Crippen LogP contribution in [-0.4, -0.2) is 24.5 Å². The normalized spacial score (nSPS) is 14.8. The molecule has 0 radical (unpaired) electrons. The molecule has 1 aliphatic rings. The first kappa shape index (κ1) is 19.6. The average molecular weight is 399 g/mol. The van der Waals surface area contributed by atoms with E-state index in [4.69, 9.17) is 9.57 Å². The Hall–Kier alpha value is -3.73. The Morgan fingerprint density at radius 2 is 1.93 bits per heavy atom. The fourth-order valence-electron chi connectivity index (χ4n) is 3.19. The number of rotatable bonds is 6. The molecular weight excluding hydrogens is 378 g/mol. The van der Waals surface area contributed by atoms with Crippen LogP contribution in [0.4, 0.5) is 17.1 Å². The molecule has 0 bridgehead atoms. The van der Waals surface area contributed by atoms with Crippen LogP contribution in [0, 0.1) is 18.3 Å². The average Bonchev–Trinajstić information content (AvgIpc) is 2.80. The first-order valence-electron chi connectivity index (χ1n) is 9.50. The Balaban J connectivity index is 1.77. The highest BCUT2D eigenvalue weighted by Gasteiger charge is 2.32. The molecule has 1 aliphatic heterocycles. The van der Waals surface area contributed by atoms with Gasteiger partial charge in [0.2, 0.25) is 0 Å². The first-order valence-corrected chi connectivity index (χ1v) is 9.50. The van der Waals surface area contributed by atoms with Crippen LogP contribution in [0.5, 0.6) is 0 Å². The van der Waals surface area contributed by atoms with Crippen molar-refractivity contribution in [3.63, 3.8) is 0 Å². The zero-order valence-electron chi connectivity index (χ0n) is 16.8. The van der Waals surface area contributed by atoms with Gasteiger partial charge in [0.25, 0.3) is 0 Å². The minimum atomic E-state index is -0.552. The van der Waals surface area contributed by atoms with Gasteiger partial charge in [0.05, 0.1) is 23.2 Å². The lowest BCUT2D eigenvalue weighted by atomic mass is 10.1. The topological polar surface area (TPSA) is 74.0 Å². The molecule has 1 atom stereocenters. The molecule has 1 unspecified atom stereocenters. The van der Waals surface area contributed by atoms with Gasteiger partial charge in [0, 0.05) is 19.0 Å². The fourth-order valence-corrected chi connectivity index (χ4v) is 3.19. The number of benzene rings is 2. The van der Waals surface area contributed by atoms with E-state index >= 15 is 0 Å². The maximum atomic E-state index is 9.72. The molecule has 1 aromatic heterocycles. The van der Waals surface area contributed by atoms with E-state index in [1.807, 2.05) is 61.5 Å². The third kappa shape index (κ3) is 3.87. The molecule has 30 heavy (non-hydrogen) atoms. The van der Waals surface area contributed by atoms with E-state index < -0.39 is 6.23 Å². The van der Waals surface area contributed by atoms with Gasteiger partial charge in [0.15, 0.2) is 6.23 Å². The van der Waals surface area contributed by atoms with Gasteiger partial charge >= 0.3 is 0 Å². The van der Waals surface area contributed by atoms with Crippen LogP contribution in [0.1, 0.15) is 16.8 Å². The van der Waals surface area contributed by atoms with Crippen molar-refractivity contribution in [2.24, 2.45) is 4.99 Å². The second kappa shape index (κ2) is 8.74. The maximum absolute atomic E-state index is 9.72. The molecule has 0 spiro atoms. The van der Waals surface area contributed by atoms with Gasteiger partial charge in [-0.05, 0) is 42.8 Å². The molecule has 3 aromatic rings. The minimum absolute atomic E-state index is 0.288. The number of para-hydroxylation sites is 2. The van der Waals surface area contributed by atoms with Crippen molar-refractivity contribution in [2.45, 2.75) is 19.8 Å². The molecule has 0 saturated carbocycles. The summed E-state index contributed by atoms with van der Waals surface area (Å²) in [6.07, 6.45) is 2.93.